The van der Waals surface area contributed by atoms with Crippen LogP contribution in [-0.2, 0) is 4.84 Å². The highest BCUT2D eigenvalue weighted by Gasteiger charge is 1.96. The molecule has 0 aliphatic rings. The first-order valence-electron chi connectivity index (χ1n) is 3.29. The van der Waals surface area contributed by atoms with E-state index in [1.54, 1.807) is 24.4 Å². The van der Waals surface area contributed by atoms with E-state index in [-0.39, 0.29) is 5.75 Å². The van der Waals surface area contributed by atoms with Crippen LogP contribution >= 0.6 is 15.9 Å². The summed E-state index contributed by atoms with van der Waals surface area (Å²) in [5.74, 6) is 0.213. The van der Waals surface area contributed by atoms with E-state index in [2.05, 4.69) is 25.9 Å². The third-order valence-electron chi connectivity index (χ3n) is 1.28. The number of oxime groups is 1. The Morgan fingerprint density at radius 2 is 2.33 bits per heavy atom. The van der Waals surface area contributed by atoms with Crippen molar-refractivity contribution in [2.75, 3.05) is 7.11 Å². The zero-order valence-electron chi connectivity index (χ0n) is 6.49. The number of phenols is 1. The molecule has 0 aliphatic carbocycles. The molecule has 0 fully saturated rings. The Morgan fingerprint density at radius 3 is 2.92 bits per heavy atom. The van der Waals surface area contributed by atoms with Crippen molar-refractivity contribution < 1.29 is 9.94 Å². The molecule has 1 N–H and O–H groups in total. The fourth-order valence-electron chi connectivity index (χ4n) is 0.717. The van der Waals surface area contributed by atoms with Gasteiger partial charge < -0.3 is 9.94 Å². The van der Waals surface area contributed by atoms with E-state index in [0.717, 1.165) is 5.56 Å². The van der Waals surface area contributed by atoms with E-state index in [1.165, 1.54) is 7.11 Å². The summed E-state index contributed by atoms with van der Waals surface area (Å²) in [7, 11) is 1.48. The minimum absolute atomic E-state index is 0.213. The normalized spacial score (nSPS) is 10.5. The zero-order valence-corrected chi connectivity index (χ0v) is 8.08. The van der Waals surface area contributed by atoms with E-state index >= 15 is 0 Å². The molecule has 0 heterocycles. The molecule has 1 rings (SSSR count). The summed E-state index contributed by atoms with van der Waals surface area (Å²) in [4.78, 5) is 4.51. The summed E-state index contributed by atoms with van der Waals surface area (Å²) in [5.41, 5.74) is 0.863. The van der Waals surface area contributed by atoms with Crippen molar-refractivity contribution >= 4 is 22.1 Å². The molecule has 0 unspecified atom stereocenters. The van der Waals surface area contributed by atoms with Crippen LogP contribution in [0.3, 0.4) is 0 Å². The molecule has 4 heteroatoms. The van der Waals surface area contributed by atoms with Gasteiger partial charge in [-0.3, -0.25) is 0 Å². The maximum Gasteiger partial charge on any atom is 0.129 e. The second kappa shape index (κ2) is 4.11. The van der Waals surface area contributed by atoms with Gasteiger partial charge in [-0.05, 0) is 39.7 Å². The summed E-state index contributed by atoms with van der Waals surface area (Å²) in [6.07, 6.45) is 1.56. The van der Waals surface area contributed by atoms with Gasteiger partial charge in [-0.25, -0.2) is 0 Å². The number of hydrogen-bond donors (Lipinski definition) is 1. The van der Waals surface area contributed by atoms with Crippen LogP contribution in [0.4, 0.5) is 0 Å². The molecule has 0 spiro atoms. The summed E-state index contributed by atoms with van der Waals surface area (Å²) in [6, 6.07) is 5.07. The molecule has 0 aliphatic heterocycles. The van der Waals surface area contributed by atoms with Crippen LogP contribution in [0, 0.1) is 0 Å². The van der Waals surface area contributed by atoms with Crippen molar-refractivity contribution in [3.8, 4) is 5.75 Å². The summed E-state index contributed by atoms with van der Waals surface area (Å²) in [5, 5.41) is 12.7. The highest BCUT2D eigenvalue weighted by atomic mass is 79.9. The second-order valence-electron chi connectivity index (χ2n) is 2.13. The van der Waals surface area contributed by atoms with Crippen LogP contribution < -0.4 is 0 Å². The Balaban J connectivity index is 2.89. The largest absolute Gasteiger partial charge is 0.507 e. The topological polar surface area (TPSA) is 41.8 Å². The molecule has 0 atom stereocenters. The molecule has 0 amide bonds. The van der Waals surface area contributed by atoms with Crippen molar-refractivity contribution in [2.24, 2.45) is 5.16 Å². The third kappa shape index (κ3) is 2.23. The molecule has 1 aromatic carbocycles. The predicted molar refractivity (Wildman–Crippen MR) is 50.4 cm³/mol. The van der Waals surface area contributed by atoms with Gasteiger partial charge in [-0.2, -0.15) is 0 Å². The molecule has 1 aromatic rings. The van der Waals surface area contributed by atoms with Crippen LogP contribution in [0.5, 0.6) is 5.75 Å². The molecule has 0 radical (unpaired) electrons. The number of nitrogens with zero attached hydrogens (tertiary/aromatic N) is 1. The van der Waals surface area contributed by atoms with E-state index in [0.29, 0.717) is 4.47 Å². The van der Waals surface area contributed by atoms with E-state index in [1.807, 2.05) is 0 Å². The summed E-state index contributed by atoms with van der Waals surface area (Å²) < 4.78 is 0.641. The maximum absolute atomic E-state index is 9.15. The molecule has 12 heavy (non-hydrogen) atoms. The molecule has 0 saturated carbocycles. The SMILES string of the molecule is CO/N=C/c1ccc(O)c(Br)c1. The minimum Gasteiger partial charge on any atom is -0.507 e. The van der Waals surface area contributed by atoms with Crippen molar-refractivity contribution in [3.63, 3.8) is 0 Å². The smallest absolute Gasteiger partial charge is 0.129 e. The number of halogens is 1. The number of hydrogen-bond acceptors (Lipinski definition) is 3. The van der Waals surface area contributed by atoms with E-state index in [9.17, 15) is 0 Å². The fraction of sp³-hybridized carbons (Fsp3) is 0.125. The van der Waals surface area contributed by atoms with Crippen molar-refractivity contribution in [2.45, 2.75) is 0 Å². The number of rotatable bonds is 2. The van der Waals surface area contributed by atoms with Crippen molar-refractivity contribution in [3.05, 3.63) is 28.2 Å². The monoisotopic (exact) mass is 229 g/mol. The highest BCUT2D eigenvalue weighted by molar-refractivity contribution is 9.10. The van der Waals surface area contributed by atoms with Gasteiger partial charge in [0.15, 0.2) is 0 Å². The lowest BCUT2D eigenvalue weighted by molar-refractivity contribution is 0.215. The van der Waals surface area contributed by atoms with Gasteiger partial charge in [0, 0.05) is 0 Å². The van der Waals surface area contributed by atoms with Gasteiger partial charge in [0.1, 0.15) is 12.9 Å². The average molecular weight is 230 g/mol. The quantitative estimate of drug-likeness (QED) is 0.624. The molecular formula is C8H8BrNO2. The lowest BCUT2D eigenvalue weighted by atomic mass is 10.2. The molecule has 3 nitrogen and oxygen atoms in total. The molecule has 64 valence electrons. The van der Waals surface area contributed by atoms with Gasteiger partial charge in [-0.15, -0.1) is 0 Å². The minimum atomic E-state index is 0.213. The second-order valence-corrected chi connectivity index (χ2v) is 2.98. The standard InChI is InChI=1S/C8H8BrNO2/c1-12-10-5-6-2-3-8(11)7(9)4-6/h2-5,11H,1H3/b10-5+. The molecule has 0 saturated heterocycles. The van der Waals surface area contributed by atoms with Crippen LogP contribution in [-0.4, -0.2) is 18.4 Å². The maximum atomic E-state index is 9.15. The lowest BCUT2D eigenvalue weighted by Crippen LogP contribution is -1.81. The first-order valence-corrected chi connectivity index (χ1v) is 4.08. The van der Waals surface area contributed by atoms with E-state index in [4.69, 9.17) is 5.11 Å². The van der Waals surface area contributed by atoms with E-state index < -0.39 is 0 Å². The molecule has 0 bridgehead atoms. The first kappa shape index (κ1) is 9.06. The first-order chi connectivity index (χ1) is 5.74. The van der Waals surface area contributed by atoms with Gasteiger partial charge in [0.05, 0.1) is 10.7 Å². The summed E-state index contributed by atoms with van der Waals surface area (Å²) in [6.45, 7) is 0. The van der Waals surface area contributed by atoms with Gasteiger partial charge in [0.2, 0.25) is 0 Å². The van der Waals surface area contributed by atoms with Crippen LogP contribution in [0.15, 0.2) is 27.8 Å². The Labute approximate surface area is 78.8 Å². The van der Waals surface area contributed by atoms with Gasteiger partial charge in [-0.1, -0.05) is 5.16 Å². The van der Waals surface area contributed by atoms with Crippen LogP contribution in [0.1, 0.15) is 5.56 Å². The van der Waals surface area contributed by atoms with Crippen LogP contribution in [0.25, 0.3) is 0 Å². The Bertz CT molecular complexity index is 299. The fourth-order valence-corrected chi connectivity index (χ4v) is 1.11. The van der Waals surface area contributed by atoms with Gasteiger partial charge >= 0.3 is 0 Å². The Morgan fingerprint density at radius 1 is 1.58 bits per heavy atom. The van der Waals surface area contributed by atoms with Crippen LogP contribution in [0.2, 0.25) is 0 Å². The number of aromatic hydroxyl groups is 1. The molecular weight excluding hydrogens is 222 g/mol. The number of phenolic OH excluding ortho intramolecular Hbond substituents is 1. The summed E-state index contributed by atoms with van der Waals surface area (Å²) >= 11 is 3.19. The third-order valence-corrected chi connectivity index (χ3v) is 1.91. The molecule has 0 aromatic heterocycles. The lowest BCUT2D eigenvalue weighted by Gasteiger charge is -1.96. The Hall–Kier alpha value is -1.03. The van der Waals surface area contributed by atoms with Gasteiger partial charge in [0.25, 0.3) is 0 Å². The van der Waals surface area contributed by atoms with Crippen molar-refractivity contribution in [1.29, 1.82) is 0 Å². The predicted octanol–water partition coefficient (Wildman–Crippen LogP) is 2.13. The highest BCUT2D eigenvalue weighted by Crippen LogP contribution is 2.23. The van der Waals surface area contributed by atoms with Crippen molar-refractivity contribution in [1.82, 2.24) is 0 Å². The Kier molecular flexibility index (Phi) is 3.10. The average Bonchev–Trinajstić information content (AvgIpc) is 2.07. The zero-order chi connectivity index (χ0) is 8.97. The number of benzene rings is 1.